The maximum Gasteiger partial charge on any atom is 0.266 e. The number of hydrogen-bond acceptors (Lipinski definition) is 4. The zero-order chi connectivity index (χ0) is 20.9. The number of ether oxygens (including phenoxy) is 2. The highest BCUT2D eigenvalue weighted by molar-refractivity contribution is 6.09. The summed E-state index contributed by atoms with van der Waals surface area (Å²) in [6.45, 7) is 5.57. The first-order valence-corrected chi connectivity index (χ1v) is 10.0. The van der Waals surface area contributed by atoms with Crippen LogP contribution < -0.4 is 14.8 Å². The molecule has 1 N–H and O–H groups in total. The lowest BCUT2D eigenvalue weighted by Gasteiger charge is -2.08. The molecule has 2 rings (SSSR count). The summed E-state index contributed by atoms with van der Waals surface area (Å²) in [4.78, 5) is 12.4. The summed E-state index contributed by atoms with van der Waals surface area (Å²) in [7, 11) is 0. The van der Waals surface area contributed by atoms with Gasteiger partial charge in [-0.05, 0) is 60.9 Å². The summed E-state index contributed by atoms with van der Waals surface area (Å²) in [6.07, 6.45) is 5.72. The maximum atomic E-state index is 12.4. The lowest BCUT2D eigenvalue weighted by atomic mass is 10.1. The molecule has 0 heterocycles. The Labute approximate surface area is 173 Å². The number of rotatable bonds is 11. The third-order valence-electron chi connectivity index (χ3n) is 4.20. The van der Waals surface area contributed by atoms with Crippen molar-refractivity contribution in [3.05, 3.63) is 59.7 Å². The molecule has 0 aliphatic heterocycles. The molecule has 0 radical (unpaired) electrons. The molecule has 0 atom stereocenters. The van der Waals surface area contributed by atoms with Crippen molar-refractivity contribution in [2.75, 3.05) is 18.5 Å². The Morgan fingerprint density at radius 1 is 0.931 bits per heavy atom. The molecule has 0 saturated heterocycles. The van der Waals surface area contributed by atoms with Crippen molar-refractivity contribution in [3.8, 4) is 17.6 Å². The number of carbonyl (C=O) groups is 1. The van der Waals surface area contributed by atoms with E-state index >= 15 is 0 Å². The molecule has 0 unspecified atom stereocenters. The van der Waals surface area contributed by atoms with Gasteiger partial charge in [-0.2, -0.15) is 5.26 Å². The Morgan fingerprint density at radius 3 is 1.93 bits per heavy atom. The Hall–Kier alpha value is -3.26. The fourth-order valence-electron chi connectivity index (χ4n) is 2.48. The van der Waals surface area contributed by atoms with Crippen LogP contribution in [-0.2, 0) is 4.79 Å². The summed E-state index contributed by atoms with van der Waals surface area (Å²) in [5.74, 6) is 1.09. The molecule has 5 heteroatoms. The van der Waals surface area contributed by atoms with E-state index in [1.807, 2.05) is 30.3 Å². The van der Waals surface area contributed by atoms with Crippen LogP contribution in [0.25, 0.3) is 6.08 Å². The smallest absolute Gasteiger partial charge is 0.266 e. The number of nitriles is 1. The minimum Gasteiger partial charge on any atom is -0.494 e. The van der Waals surface area contributed by atoms with Crippen molar-refractivity contribution < 1.29 is 14.3 Å². The highest BCUT2D eigenvalue weighted by Crippen LogP contribution is 2.18. The molecule has 0 saturated carbocycles. The van der Waals surface area contributed by atoms with Gasteiger partial charge in [0.05, 0.1) is 13.2 Å². The van der Waals surface area contributed by atoms with Crippen molar-refractivity contribution in [1.29, 1.82) is 5.26 Å². The molecule has 0 bridgehead atoms. The predicted molar refractivity (Wildman–Crippen MR) is 116 cm³/mol. The number of hydrogen-bond donors (Lipinski definition) is 1. The molecule has 2 aromatic rings. The first-order chi connectivity index (χ1) is 14.2. The summed E-state index contributed by atoms with van der Waals surface area (Å²) in [5.41, 5.74) is 1.41. The first kappa shape index (κ1) is 22.0. The van der Waals surface area contributed by atoms with E-state index in [9.17, 15) is 10.1 Å². The summed E-state index contributed by atoms with van der Waals surface area (Å²) >= 11 is 0. The van der Waals surface area contributed by atoms with Gasteiger partial charge >= 0.3 is 0 Å². The van der Waals surface area contributed by atoms with Gasteiger partial charge in [0.15, 0.2) is 0 Å². The topological polar surface area (TPSA) is 71.3 Å². The van der Waals surface area contributed by atoms with Gasteiger partial charge in [0.1, 0.15) is 23.1 Å². The van der Waals surface area contributed by atoms with E-state index in [-0.39, 0.29) is 5.57 Å². The van der Waals surface area contributed by atoms with E-state index < -0.39 is 5.91 Å². The summed E-state index contributed by atoms with van der Waals surface area (Å²) in [5, 5.41) is 12.1. The average molecular weight is 392 g/mol. The number of unbranched alkanes of at least 4 members (excludes halogenated alkanes) is 2. The lowest BCUT2D eigenvalue weighted by molar-refractivity contribution is -0.112. The van der Waals surface area contributed by atoms with Crippen LogP contribution in [0.3, 0.4) is 0 Å². The molecule has 152 valence electrons. The SMILES string of the molecule is CCCCOc1ccc(/C=C(\C#N)C(=O)Nc2ccc(OCCCC)cc2)cc1. The second-order valence-electron chi connectivity index (χ2n) is 6.62. The van der Waals surface area contributed by atoms with Crippen LogP contribution in [0.2, 0.25) is 0 Å². The normalized spacial score (nSPS) is 10.9. The van der Waals surface area contributed by atoms with Gasteiger partial charge in [0.25, 0.3) is 5.91 Å². The summed E-state index contributed by atoms with van der Waals surface area (Å²) in [6, 6.07) is 16.4. The molecule has 0 spiro atoms. The van der Waals surface area contributed by atoms with Gasteiger partial charge < -0.3 is 14.8 Å². The van der Waals surface area contributed by atoms with E-state index in [0.29, 0.717) is 18.9 Å². The molecule has 1 amide bonds. The quantitative estimate of drug-likeness (QED) is 0.307. The number of nitrogens with one attached hydrogen (secondary N) is 1. The Kier molecular flexibility index (Phi) is 9.31. The molecule has 0 aliphatic carbocycles. The Balaban J connectivity index is 1.96. The predicted octanol–water partition coefficient (Wildman–Crippen LogP) is 5.59. The fourth-order valence-corrected chi connectivity index (χ4v) is 2.48. The van der Waals surface area contributed by atoms with Gasteiger partial charge in [0, 0.05) is 5.69 Å². The zero-order valence-electron chi connectivity index (χ0n) is 17.1. The van der Waals surface area contributed by atoms with Crippen molar-refractivity contribution in [3.63, 3.8) is 0 Å². The minimum absolute atomic E-state index is 0.0351. The zero-order valence-corrected chi connectivity index (χ0v) is 17.1. The third kappa shape index (κ3) is 7.71. The molecule has 0 fully saturated rings. The monoisotopic (exact) mass is 392 g/mol. The molecular formula is C24H28N2O3. The van der Waals surface area contributed by atoms with Crippen LogP contribution in [0.4, 0.5) is 5.69 Å². The fraction of sp³-hybridized carbons (Fsp3) is 0.333. The molecule has 0 aromatic heterocycles. The van der Waals surface area contributed by atoms with Crippen molar-refractivity contribution in [1.82, 2.24) is 0 Å². The second kappa shape index (κ2) is 12.2. The molecular weight excluding hydrogens is 364 g/mol. The van der Waals surface area contributed by atoms with Crippen LogP contribution in [0.5, 0.6) is 11.5 Å². The highest BCUT2D eigenvalue weighted by Gasteiger charge is 2.10. The van der Waals surface area contributed by atoms with Crippen LogP contribution in [0.15, 0.2) is 54.1 Å². The van der Waals surface area contributed by atoms with Crippen molar-refractivity contribution >= 4 is 17.7 Å². The van der Waals surface area contributed by atoms with Crippen molar-refractivity contribution in [2.24, 2.45) is 0 Å². The van der Waals surface area contributed by atoms with Gasteiger partial charge in [-0.15, -0.1) is 0 Å². The number of amides is 1. The first-order valence-electron chi connectivity index (χ1n) is 10.0. The van der Waals surface area contributed by atoms with Gasteiger partial charge in [-0.3, -0.25) is 4.79 Å². The minimum atomic E-state index is -0.449. The van der Waals surface area contributed by atoms with E-state index in [1.165, 1.54) is 0 Å². The molecule has 0 aliphatic rings. The van der Waals surface area contributed by atoms with Crippen LogP contribution in [0, 0.1) is 11.3 Å². The van der Waals surface area contributed by atoms with Crippen molar-refractivity contribution in [2.45, 2.75) is 39.5 Å². The Bertz CT molecular complexity index is 834. The molecule has 2 aromatic carbocycles. The van der Waals surface area contributed by atoms with Gasteiger partial charge in [0.2, 0.25) is 0 Å². The number of anilines is 1. The second-order valence-corrected chi connectivity index (χ2v) is 6.62. The van der Waals surface area contributed by atoms with E-state index in [4.69, 9.17) is 9.47 Å². The van der Waals surface area contributed by atoms with Gasteiger partial charge in [-0.25, -0.2) is 0 Å². The number of benzene rings is 2. The van der Waals surface area contributed by atoms with E-state index in [2.05, 4.69) is 19.2 Å². The van der Waals surface area contributed by atoms with Crippen LogP contribution >= 0.6 is 0 Å². The van der Waals surface area contributed by atoms with Crippen LogP contribution in [-0.4, -0.2) is 19.1 Å². The maximum absolute atomic E-state index is 12.4. The molecule has 29 heavy (non-hydrogen) atoms. The van der Waals surface area contributed by atoms with E-state index in [0.717, 1.165) is 42.7 Å². The highest BCUT2D eigenvalue weighted by atomic mass is 16.5. The van der Waals surface area contributed by atoms with E-state index in [1.54, 1.807) is 30.3 Å². The average Bonchev–Trinajstić information content (AvgIpc) is 2.74. The molecule has 5 nitrogen and oxygen atoms in total. The van der Waals surface area contributed by atoms with Crippen LogP contribution in [0.1, 0.15) is 45.1 Å². The number of carbonyl (C=O) groups excluding carboxylic acids is 1. The largest absolute Gasteiger partial charge is 0.494 e. The third-order valence-corrected chi connectivity index (χ3v) is 4.20. The standard InChI is InChI=1S/C24H28N2O3/c1-3-5-15-28-22-11-7-19(8-12-22)17-20(18-25)24(27)26-21-9-13-23(14-10-21)29-16-6-4-2/h7-14,17H,3-6,15-16H2,1-2H3,(H,26,27)/b20-17+. The number of nitrogens with zero attached hydrogens (tertiary/aromatic N) is 1. The van der Waals surface area contributed by atoms with Gasteiger partial charge in [-0.1, -0.05) is 38.8 Å². The Morgan fingerprint density at radius 2 is 1.45 bits per heavy atom. The lowest BCUT2D eigenvalue weighted by Crippen LogP contribution is -2.13. The summed E-state index contributed by atoms with van der Waals surface area (Å²) < 4.78 is 11.2.